The van der Waals surface area contributed by atoms with E-state index in [9.17, 15) is 4.79 Å². The summed E-state index contributed by atoms with van der Waals surface area (Å²) in [5.74, 6) is 0. The van der Waals surface area contributed by atoms with E-state index in [-0.39, 0.29) is 6.09 Å². The first kappa shape index (κ1) is 13.3. The summed E-state index contributed by atoms with van der Waals surface area (Å²) in [5.41, 5.74) is 1.38. The van der Waals surface area contributed by atoms with Crippen LogP contribution in [0.15, 0.2) is 0 Å². The molecule has 0 aliphatic carbocycles. The van der Waals surface area contributed by atoms with Crippen LogP contribution in [0.2, 0.25) is 0 Å². The Kier molecular flexibility index (Phi) is 3.61. The summed E-state index contributed by atoms with van der Waals surface area (Å²) in [6.45, 7) is 6.73. The molecule has 0 N–H and O–H groups in total. The molecule has 0 unspecified atom stereocenters. The quantitative estimate of drug-likeness (QED) is 0.735. The third-order valence-electron chi connectivity index (χ3n) is 2.63. The van der Waals surface area contributed by atoms with Gasteiger partial charge in [-0.3, -0.25) is 0 Å². The second-order valence-electron chi connectivity index (χ2n) is 5.35. The van der Waals surface area contributed by atoms with Crippen LogP contribution in [0.5, 0.6) is 0 Å². The van der Waals surface area contributed by atoms with Gasteiger partial charge < -0.3 is 9.64 Å². The third kappa shape index (κ3) is 3.01. The summed E-state index contributed by atoms with van der Waals surface area (Å²) in [4.78, 5) is 13.7. The Labute approximate surface area is 115 Å². The molecule has 0 fully saturated rings. The summed E-state index contributed by atoms with van der Waals surface area (Å²) >= 11 is 3.30. The van der Waals surface area contributed by atoms with Crippen LogP contribution in [0, 0.1) is 0 Å². The molecule has 1 amide bonds. The summed E-state index contributed by atoms with van der Waals surface area (Å²) in [7, 11) is 0. The molecular formula is C11H17BrN4O2. The van der Waals surface area contributed by atoms with Crippen molar-refractivity contribution in [1.82, 2.24) is 18.9 Å². The minimum absolute atomic E-state index is 0.292. The molecule has 2 rings (SSSR count). The van der Waals surface area contributed by atoms with Crippen molar-refractivity contribution in [2.45, 2.75) is 45.8 Å². The van der Waals surface area contributed by atoms with E-state index >= 15 is 0 Å². The number of aromatic nitrogens is 3. The van der Waals surface area contributed by atoms with Gasteiger partial charge >= 0.3 is 6.09 Å². The van der Waals surface area contributed by atoms with Crippen LogP contribution in [0.1, 0.15) is 38.6 Å². The van der Waals surface area contributed by atoms with Crippen molar-refractivity contribution >= 4 is 22.2 Å². The van der Waals surface area contributed by atoms with E-state index in [0.717, 1.165) is 24.2 Å². The van der Waals surface area contributed by atoms with Gasteiger partial charge in [0, 0.05) is 6.54 Å². The molecule has 1 aromatic rings. The van der Waals surface area contributed by atoms with Crippen molar-refractivity contribution in [1.29, 1.82) is 0 Å². The summed E-state index contributed by atoms with van der Waals surface area (Å²) in [6, 6.07) is 0. The average Bonchev–Trinajstić information content (AvgIpc) is 2.49. The second-order valence-corrected chi connectivity index (χ2v) is 6.02. The first-order valence-electron chi connectivity index (χ1n) is 5.94. The van der Waals surface area contributed by atoms with Gasteiger partial charge in [0.1, 0.15) is 11.3 Å². The van der Waals surface area contributed by atoms with Crippen LogP contribution < -0.4 is 0 Å². The number of carbonyl (C=O) groups excluding carboxylic acids is 1. The summed E-state index contributed by atoms with van der Waals surface area (Å²) < 4.78 is 6.97. The Hall–Kier alpha value is -1.11. The minimum atomic E-state index is -0.473. The molecule has 100 valence electrons. The van der Waals surface area contributed by atoms with E-state index in [4.69, 9.17) is 4.74 Å². The molecule has 0 saturated carbocycles. The number of nitrogens with zero attached hydrogens (tertiary/aromatic N) is 4. The number of halogens is 1. The molecule has 1 aromatic heterocycles. The van der Waals surface area contributed by atoms with Gasteiger partial charge in [0.25, 0.3) is 0 Å². The summed E-state index contributed by atoms with van der Waals surface area (Å²) in [6.07, 6.45) is 1.44. The van der Waals surface area contributed by atoms with E-state index in [0.29, 0.717) is 13.1 Å². The molecule has 0 saturated heterocycles. The predicted octanol–water partition coefficient (Wildman–Crippen LogP) is 2.12. The Morgan fingerprint density at radius 2 is 2.17 bits per heavy atom. The van der Waals surface area contributed by atoms with Gasteiger partial charge in [0.15, 0.2) is 0 Å². The van der Waals surface area contributed by atoms with Gasteiger partial charge in [0.05, 0.1) is 28.4 Å². The number of rotatable bonds is 0. The Bertz CT molecular complexity index is 452. The lowest BCUT2D eigenvalue weighted by atomic mass is 10.2. The molecule has 2 heterocycles. The highest BCUT2D eigenvalue weighted by Crippen LogP contribution is 2.19. The maximum atomic E-state index is 12.0. The fraction of sp³-hybridized carbons (Fsp3) is 0.727. The van der Waals surface area contributed by atoms with E-state index < -0.39 is 5.60 Å². The number of hydrogen-bond donors (Lipinski definition) is 0. The summed E-state index contributed by atoms with van der Waals surface area (Å²) in [5, 5.41) is 7.97. The average molecular weight is 317 g/mol. The van der Waals surface area contributed by atoms with Crippen molar-refractivity contribution in [2.75, 3.05) is 6.54 Å². The Morgan fingerprint density at radius 3 is 2.83 bits per heavy atom. The van der Waals surface area contributed by atoms with Crippen LogP contribution in [0.3, 0.4) is 0 Å². The van der Waals surface area contributed by atoms with Crippen molar-refractivity contribution < 1.29 is 9.53 Å². The molecular weight excluding hydrogens is 300 g/mol. The molecule has 0 bridgehead atoms. The van der Waals surface area contributed by atoms with E-state index in [1.54, 1.807) is 8.61 Å². The number of amides is 1. The zero-order chi connectivity index (χ0) is 13.3. The fourth-order valence-electron chi connectivity index (χ4n) is 1.85. The van der Waals surface area contributed by atoms with E-state index in [1.165, 1.54) is 0 Å². The van der Waals surface area contributed by atoms with Crippen molar-refractivity contribution in [3.05, 3.63) is 11.4 Å². The van der Waals surface area contributed by atoms with Gasteiger partial charge in [0.2, 0.25) is 0 Å². The fourth-order valence-corrected chi connectivity index (χ4v) is 2.30. The third-order valence-corrected chi connectivity index (χ3v) is 3.20. The second kappa shape index (κ2) is 4.87. The molecule has 18 heavy (non-hydrogen) atoms. The largest absolute Gasteiger partial charge is 0.444 e. The Balaban J connectivity index is 2.10. The molecule has 0 aromatic carbocycles. The molecule has 1 aliphatic rings. The van der Waals surface area contributed by atoms with Crippen molar-refractivity contribution in [2.24, 2.45) is 0 Å². The van der Waals surface area contributed by atoms with E-state index in [1.807, 2.05) is 20.8 Å². The number of ether oxygens (including phenoxy) is 1. The van der Waals surface area contributed by atoms with Crippen LogP contribution in [-0.4, -0.2) is 37.2 Å². The molecule has 1 aliphatic heterocycles. The lowest BCUT2D eigenvalue weighted by molar-refractivity contribution is 0.0234. The van der Waals surface area contributed by atoms with Crippen LogP contribution in [-0.2, 0) is 17.7 Å². The van der Waals surface area contributed by atoms with Gasteiger partial charge in [-0.05, 0) is 33.6 Å². The highest BCUT2D eigenvalue weighted by atomic mass is 79.9. The van der Waals surface area contributed by atoms with Crippen molar-refractivity contribution in [3.8, 4) is 0 Å². The lowest BCUT2D eigenvalue weighted by Gasteiger charge is -2.26. The number of hydrogen-bond acceptors (Lipinski definition) is 4. The standard InChI is InChI=1S/C11H17BrN4O2/c1-11(2,3)18-10(17)15-6-4-5-9-8(7-15)13-14-16(9)12/h4-7H2,1-3H3. The van der Waals surface area contributed by atoms with Crippen LogP contribution in [0.25, 0.3) is 0 Å². The maximum absolute atomic E-state index is 12.0. The van der Waals surface area contributed by atoms with Gasteiger partial charge in [-0.25, -0.2) is 4.79 Å². The molecule has 0 atom stereocenters. The van der Waals surface area contributed by atoms with Crippen molar-refractivity contribution in [3.63, 3.8) is 0 Å². The zero-order valence-electron chi connectivity index (χ0n) is 10.8. The lowest BCUT2D eigenvalue weighted by Crippen LogP contribution is -2.36. The van der Waals surface area contributed by atoms with Crippen LogP contribution in [0.4, 0.5) is 4.79 Å². The first-order valence-corrected chi connectivity index (χ1v) is 6.65. The zero-order valence-corrected chi connectivity index (χ0v) is 12.4. The Morgan fingerprint density at radius 1 is 1.44 bits per heavy atom. The normalized spacial score (nSPS) is 16.1. The minimum Gasteiger partial charge on any atom is -0.444 e. The van der Waals surface area contributed by atoms with E-state index in [2.05, 4.69) is 26.5 Å². The monoisotopic (exact) mass is 316 g/mol. The molecule has 7 heteroatoms. The smallest absolute Gasteiger partial charge is 0.410 e. The van der Waals surface area contributed by atoms with Gasteiger partial charge in [-0.1, -0.05) is 5.21 Å². The predicted molar refractivity (Wildman–Crippen MR) is 69.3 cm³/mol. The van der Waals surface area contributed by atoms with Gasteiger partial charge in [-0.2, -0.15) is 3.71 Å². The first-order chi connectivity index (χ1) is 8.37. The molecule has 6 nitrogen and oxygen atoms in total. The molecule has 0 radical (unpaired) electrons. The SMILES string of the molecule is CC(C)(C)OC(=O)N1CCCc2c(nnn2Br)C1. The number of fused-ring (bicyclic) bond motifs is 1. The highest BCUT2D eigenvalue weighted by molar-refractivity contribution is 9.08. The molecule has 0 spiro atoms. The topological polar surface area (TPSA) is 60.2 Å². The van der Waals surface area contributed by atoms with Gasteiger partial charge in [-0.15, -0.1) is 5.10 Å². The highest BCUT2D eigenvalue weighted by Gasteiger charge is 2.26. The maximum Gasteiger partial charge on any atom is 0.410 e. The number of carbonyl (C=O) groups is 1. The van der Waals surface area contributed by atoms with Crippen LogP contribution >= 0.6 is 16.1 Å².